The topological polar surface area (TPSA) is 56.5 Å². The predicted octanol–water partition coefficient (Wildman–Crippen LogP) is 3.24. The van der Waals surface area contributed by atoms with Crippen LogP contribution in [0.25, 0.3) is 0 Å². The average molecular weight is 304 g/mol. The van der Waals surface area contributed by atoms with Crippen LogP contribution in [0.5, 0.6) is 5.75 Å². The highest BCUT2D eigenvalue weighted by Gasteiger charge is 2.26. The Morgan fingerprint density at radius 3 is 2.90 bits per heavy atom. The molecular weight excluding hydrogens is 285 g/mol. The molecule has 21 heavy (non-hydrogen) atoms. The first-order chi connectivity index (χ1) is 10.0. The number of anilines is 2. The Bertz CT molecular complexity index is 486. The predicted molar refractivity (Wildman–Crippen MR) is 74.1 cm³/mol. The molecule has 0 amide bonds. The molecule has 1 aliphatic heterocycles. The minimum atomic E-state index is -3.08. The van der Waals surface area contributed by atoms with E-state index in [2.05, 4.69) is 10.1 Å². The maximum absolute atomic E-state index is 13.5. The second-order valence-electron chi connectivity index (χ2n) is 5.00. The summed E-state index contributed by atoms with van der Waals surface area (Å²) in [5, 5.41) is 3.06. The van der Waals surface area contributed by atoms with Gasteiger partial charge in [0.15, 0.2) is 11.6 Å². The van der Waals surface area contributed by atoms with Crippen LogP contribution in [-0.4, -0.2) is 25.9 Å². The van der Waals surface area contributed by atoms with E-state index in [1.165, 1.54) is 0 Å². The van der Waals surface area contributed by atoms with Gasteiger partial charge >= 0.3 is 6.61 Å². The second kappa shape index (κ2) is 6.89. The third-order valence-corrected chi connectivity index (χ3v) is 3.62. The van der Waals surface area contributed by atoms with Gasteiger partial charge in [0.25, 0.3) is 0 Å². The van der Waals surface area contributed by atoms with Crippen molar-refractivity contribution in [2.45, 2.75) is 32.5 Å². The molecule has 2 unspecified atom stereocenters. The molecule has 4 nitrogen and oxygen atoms in total. The molecule has 7 heteroatoms. The molecule has 0 spiro atoms. The van der Waals surface area contributed by atoms with Crippen LogP contribution in [0.1, 0.15) is 19.8 Å². The minimum Gasteiger partial charge on any atom is -0.432 e. The minimum absolute atomic E-state index is 0.154. The van der Waals surface area contributed by atoms with Crippen molar-refractivity contribution in [2.24, 2.45) is 5.92 Å². The van der Waals surface area contributed by atoms with Crippen molar-refractivity contribution in [1.29, 1.82) is 0 Å². The lowest BCUT2D eigenvalue weighted by Crippen LogP contribution is -2.23. The maximum atomic E-state index is 13.5. The van der Waals surface area contributed by atoms with E-state index in [9.17, 15) is 13.2 Å². The number of benzene rings is 1. The second-order valence-corrected chi connectivity index (χ2v) is 5.00. The molecule has 1 aliphatic rings. The molecule has 2 rings (SSSR count). The summed E-state index contributed by atoms with van der Waals surface area (Å²) in [6.07, 6.45) is 2.01. The first-order valence-electron chi connectivity index (χ1n) is 6.90. The first-order valence-corrected chi connectivity index (χ1v) is 6.90. The number of rotatable bonds is 6. The van der Waals surface area contributed by atoms with Crippen molar-refractivity contribution in [2.75, 3.05) is 24.2 Å². The number of hydrogen-bond acceptors (Lipinski definition) is 4. The highest BCUT2D eigenvalue weighted by molar-refractivity contribution is 5.68. The van der Waals surface area contributed by atoms with Gasteiger partial charge in [0, 0.05) is 31.2 Å². The SMILES string of the molecule is CCC1OCCC1CNc1cc(OC(F)F)c(F)cc1N. The highest BCUT2D eigenvalue weighted by atomic mass is 19.3. The number of nitrogen functional groups attached to an aromatic ring is 1. The quantitative estimate of drug-likeness (QED) is 0.792. The van der Waals surface area contributed by atoms with Crippen molar-refractivity contribution in [3.05, 3.63) is 17.9 Å². The summed E-state index contributed by atoms with van der Waals surface area (Å²) in [4.78, 5) is 0. The number of nitrogens with one attached hydrogen (secondary N) is 1. The van der Waals surface area contributed by atoms with E-state index in [1.54, 1.807) is 0 Å². The molecule has 0 saturated carbocycles. The Hall–Kier alpha value is -1.63. The molecule has 1 fully saturated rings. The van der Waals surface area contributed by atoms with Crippen LogP contribution < -0.4 is 15.8 Å². The number of ether oxygens (including phenoxy) is 2. The lowest BCUT2D eigenvalue weighted by atomic mass is 9.99. The van der Waals surface area contributed by atoms with Crippen LogP contribution in [0.3, 0.4) is 0 Å². The smallest absolute Gasteiger partial charge is 0.387 e. The summed E-state index contributed by atoms with van der Waals surface area (Å²) in [5.74, 6) is -1.11. The van der Waals surface area contributed by atoms with Gasteiger partial charge in [-0.15, -0.1) is 0 Å². The van der Waals surface area contributed by atoms with Crippen molar-refractivity contribution in [1.82, 2.24) is 0 Å². The van der Waals surface area contributed by atoms with Crippen molar-refractivity contribution < 1.29 is 22.6 Å². The van der Waals surface area contributed by atoms with Crippen molar-refractivity contribution in [3.8, 4) is 5.75 Å². The van der Waals surface area contributed by atoms with Crippen molar-refractivity contribution in [3.63, 3.8) is 0 Å². The first kappa shape index (κ1) is 15.8. The van der Waals surface area contributed by atoms with E-state index in [0.717, 1.165) is 25.0 Å². The standard InChI is InChI=1S/C14H19F3N2O2/c1-2-12-8(3-4-20-12)7-19-11-6-13(21-14(16)17)9(15)5-10(11)18/h5-6,8,12,14,19H,2-4,7,18H2,1H3. The molecule has 118 valence electrons. The normalized spacial score (nSPS) is 21.8. The van der Waals surface area contributed by atoms with Crippen LogP contribution in [0.15, 0.2) is 12.1 Å². The highest BCUT2D eigenvalue weighted by Crippen LogP contribution is 2.30. The summed E-state index contributed by atoms with van der Waals surface area (Å²) in [6.45, 7) is 0.263. The maximum Gasteiger partial charge on any atom is 0.387 e. The van der Waals surface area contributed by atoms with Crippen LogP contribution in [0, 0.1) is 11.7 Å². The fourth-order valence-electron chi connectivity index (χ4n) is 2.53. The molecule has 1 saturated heterocycles. The molecule has 0 radical (unpaired) electrons. The Morgan fingerprint density at radius 1 is 1.48 bits per heavy atom. The van der Waals surface area contributed by atoms with E-state index in [-0.39, 0.29) is 11.8 Å². The Kier molecular flexibility index (Phi) is 5.17. The van der Waals surface area contributed by atoms with Gasteiger partial charge in [-0.1, -0.05) is 6.92 Å². The van der Waals surface area contributed by atoms with Gasteiger partial charge in [0.05, 0.1) is 17.5 Å². The van der Waals surface area contributed by atoms with Crippen molar-refractivity contribution >= 4 is 11.4 Å². The number of halogens is 3. The van der Waals surface area contributed by atoms with E-state index in [0.29, 0.717) is 24.8 Å². The zero-order chi connectivity index (χ0) is 15.4. The zero-order valence-electron chi connectivity index (χ0n) is 11.7. The molecule has 2 atom stereocenters. The Morgan fingerprint density at radius 2 is 2.24 bits per heavy atom. The molecule has 0 aliphatic carbocycles. The fourth-order valence-corrected chi connectivity index (χ4v) is 2.53. The zero-order valence-corrected chi connectivity index (χ0v) is 11.7. The molecule has 3 N–H and O–H groups in total. The third kappa shape index (κ3) is 3.93. The Labute approximate surface area is 121 Å². The van der Waals surface area contributed by atoms with E-state index < -0.39 is 18.2 Å². The third-order valence-electron chi connectivity index (χ3n) is 3.62. The van der Waals surface area contributed by atoms with Crippen LogP contribution in [0.4, 0.5) is 24.5 Å². The average Bonchev–Trinajstić information content (AvgIpc) is 2.87. The number of hydrogen-bond donors (Lipinski definition) is 2. The summed E-state index contributed by atoms with van der Waals surface area (Å²) >= 11 is 0. The fraction of sp³-hybridized carbons (Fsp3) is 0.571. The van der Waals surface area contributed by atoms with Gasteiger partial charge in [-0.2, -0.15) is 8.78 Å². The number of alkyl halides is 2. The summed E-state index contributed by atoms with van der Waals surface area (Å²) in [5.41, 5.74) is 6.23. The molecule has 1 aromatic rings. The monoisotopic (exact) mass is 304 g/mol. The molecule has 0 aromatic heterocycles. The molecule has 1 heterocycles. The molecule has 0 bridgehead atoms. The molecule has 1 aromatic carbocycles. The van der Waals surface area contributed by atoms with Gasteiger partial charge in [-0.3, -0.25) is 0 Å². The summed E-state index contributed by atoms with van der Waals surface area (Å²) in [7, 11) is 0. The summed E-state index contributed by atoms with van der Waals surface area (Å²) in [6, 6.07) is 2.14. The van der Waals surface area contributed by atoms with Gasteiger partial charge in [0.1, 0.15) is 0 Å². The number of nitrogens with two attached hydrogens (primary N) is 1. The lowest BCUT2D eigenvalue weighted by molar-refractivity contribution is -0.0521. The lowest BCUT2D eigenvalue weighted by Gasteiger charge is -2.19. The Balaban J connectivity index is 2.05. The van der Waals surface area contributed by atoms with E-state index in [4.69, 9.17) is 10.5 Å². The van der Waals surface area contributed by atoms with E-state index in [1.807, 2.05) is 6.92 Å². The van der Waals surface area contributed by atoms with Gasteiger partial charge in [0.2, 0.25) is 0 Å². The van der Waals surface area contributed by atoms with E-state index >= 15 is 0 Å². The van der Waals surface area contributed by atoms with Crippen LogP contribution in [-0.2, 0) is 4.74 Å². The van der Waals surface area contributed by atoms with Crippen LogP contribution in [0.2, 0.25) is 0 Å². The van der Waals surface area contributed by atoms with Gasteiger partial charge in [-0.05, 0) is 12.8 Å². The largest absolute Gasteiger partial charge is 0.432 e. The van der Waals surface area contributed by atoms with Crippen LogP contribution >= 0.6 is 0 Å². The van der Waals surface area contributed by atoms with Gasteiger partial charge in [-0.25, -0.2) is 4.39 Å². The summed E-state index contributed by atoms with van der Waals surface area (Å²) < 4.78 is 47.6. The molecular formula is C14H19F3N2O2. The van der Waals surface area contributed by atoms with Gasteiger partial charge < -0.3 is 20.5 Å².